The highest BCUT2D eigenvalue weighted by Crippen LogP contribution is 2.33. The van der Waals surface area contributed by atoms with E-state index in [4.69, 9.17) is 4.98 Å². The molecule has 114 valence electrons. The second-order valence-corrected chi connectivity index (χ2v) is 6.79. The Kier molecular flexibility index (Phi) is 5.41. The van der Waals surface area contributed by atoms with Crippen LogP contribution in [-0.2, 0) is 6.61 Å². The van der Waals surface area contributed by atoms with Crippen LogP contribution in [0.15, 0.2) is 0 Å². The largest absolute Gasteiger partial charge is 0.391 e. The molecule has 0 amide bonds. The molecule has 0 spiro atoms. The van der Waals surface area contributed by atoms with E-state index in [1.165, 1.54) is 6.42 Å². The average molecular weight is 297 g/mol. The zero-order valence-corrected chi connectivity index (χ0v) is 13.9. The molecule has 1 saturated heterocycles. The van der Waals surface area contributed by atoms with E-state index < -0.39 is 0 Å². The van der Waals surface area contributed by atoms with Gasteiger partial charge in [0.1, 0.15) is 0 Å². The van der Waals surface area contributed by atoms with Gasteiger partial charge in [-0.1, -0.05) is 39.0 Å². The van der Waals surface area contributed by atoms with Crippen molar-refractivity contribution >= 4 is 16.5 Å². The van der Waals surface area contributed by atoms with E-state index >= 15 is 0 Å². The second-order valence-electron chi connectivity index (χ2n) is 5.73. The molecule has 1 atom stereocenters. The number of nitrogens with zero attached hydrogens (tertiary/aromatic N) is 3. The predicted octanol–water partition coefficient (Wildman–Crippen LogP) is 2.68. The van der Waals surface area contributed by atoms with E-state index in [-0.39, 0.29) is 6.61 Å². The van der Waals surface area contributed by atoms with Crippen LogP contribution in [0.4, 0.5) is 5.13 Å². The summed E-state index contributed by atoms with van der Waals surface area (Å²) in [7, 11) is 0. The number of aliphatic hydroxyl groups is 1. The Morgan fingerprint density at radius 2 is 2.10 bits per heavy atom. The van der Waals surface area contributed by atoms with Crippen LogP contribution in [0.2, 0.25) is 0 Å². The monoisotopic (exact) mass is 297 g/mol. The highest BCUT2D eigenvalue weighted by molar-refractivity contribution is 7.15. The van der Waals surface area contributed by atoms with E-state index in [9.17, 15) is 5.11 Å². The van der Waals surface area contributed by atoms with Crippen molar-refractivity contribution in [1.82, 2.24) is 9.88 Å². The molecule has 1 N–H and O–H groups in total. The van der Waals surface area contributed by atoms with Crippen LogP contribution in [0.3, 0.4) is 0 Å². The maximum atomic E-state index is 9.48. The fourth-order valence-electron chi connectivity index (χ4n) is 3.00. The standard InChI is InChI=1S/C15H27N3OS/c1-5-17(6-2)12-7-8-18(9-12)15-16-14(11(3)4)13(10-19)20-15/h11-12,19H,5-10H2,1-4H3. The SMILES string of the molecule is CCN(CC)C1CCN(c2nc(C(C)C)c(CO)s2)C1. The summed E-state index contributed by atoms with van der Waals surface area (Å²) in [5, 5.41) is 10.6. The molecule has 2 rings (SSSR count). The number of aromatic nitrogens is 1. The first kappa shape index (κ1) is 15.7. The van der Waals surface area contributed by atoms with Crippen LogP contribution in [0.5, 0.6) is 0 Å². The summed E-state index contributed by atoms with van der Waals surface area (Å²) in [6.07, 6.45) is 1.22. The molecule has 20 heavy (non-hydrogen) atoms. The Morgan fingerprint density at radius 3 is 2.60 bits per heavy atom. The van der Waals surface area contributed by atoms with Gasteiger partial charge in [-0.05, 0) is 25.4 Å². The summed E-state index contributed by atoms with van der Waals surface area (Å²) in [6.45, 7) is 13.2. The third-order valence-corrected chi connectivity index (χ3v) is 5.29. The van der Waals surface area contributed by atoms with Crippen molar-refractivity contribution in [2.24, 2.45) is 0 Å². The van der Waals surface area contributed by atoms with E-state index in [1.54, 1.807) is 11.3 Å². The number of thiazole rings is 1. The van der Waals surface area contributed by atoms with Crippen molar-refractivity contribution in [3.63, 3.8) is 0 Å². The van der Waals surface area contributed by atoms with Crippen LogP contribution < -0.4 is 4.90 Å². The Bertz CT molecular complexity index is 429. The normalized spacial score (nSPS) is 19.6. The first-order valence-corrected chi connectivity index (χ1v) is 8.51. The van der Waals surface area contributed by atoms with Crippen molar-refractivity contribution in [2.45, 2.75) is 52.7 Å². The topological polar surface area (TPSA) is 39.6 Å². The summed E-state index contributed by atoms with van der Waals surface area (Å²) >= 11 is 1.66. The Balaban J connectivity index is 2.10. The second kappa shape index (κ2) is 6.87. The quantitative estimate of drug-likeness (QED) is 0.876. The van der Waals surface area contributed by atoms with Crippen molar-refractivity contribution in [3.05, 3.63) is 10.6 Å². The zero-order chi connectivity index (χ0) is 14.7. The van der Waals surface area contributed by atoms with Crippen molar-refractivity contribution in [1.29, 1.82) is 0 Å². The predicted molar refractivity (Wildman–Crippen MR) is 85.7 cm³/mol. The lowest BCUT2D eigenvalue weighted by molar-refractivity contribution is 0.232. The number of likely N-dealkylation sites (N-methyl/N-ethyl adjacent to an activating group) is 1. The summed E-state index contributed by atoms with van der Waals surface area (Å²) in [5.74, 6) is 0.378. The zero-order valence-electron chi connectivity index (χ0n) is 13.1. The lowest BCUT2D eigenvalue weighted by atomic mass is 10.1. The number of anilines is 1. The smallest absolute Gasteiger partial charge is 0.185 e. The summed E-state index contributed by atoms with van der Waals surface area (Å²) in [4.78, 5) is 10.7. The van der Waals surface area contributed by atoms with Crippen molar-refractivity contribution < 1.29 is 5.11 Å². The highest BCUT2D eigenvalue weighted by atomic mass is 32.1. The van der Waals surface area contributed by atoms with Crippen LogP contribution in [0, 0.1) is 0 Å². The maximum Gasteiger partial charge on any atom is 0.185 e. The van der Waals surface area contributed by atoms with Gasteiger partial charge >= 0.3 is 0 Å². The molecule has 1 fully saturated rings. The van der Waals surface area contributed by atoms with Gasteiger partial charge in [-0.25, -0.2) is 4.98 Å². The molecule has 0 aromatic carbocycles. The molecular formula is C15H27N3OS. The van der Waals surface area contributed by atoms with E-state index in [1.807, 2.05) is 0 Å². The van der Waals surface area contributed by atoms with Crippen LogP contribution in [0.1, 0.15) is 50.6 Å². The highest BCUT2D eigenvalue weighted by Gasteiger charge is 2.28. The van der Waals surface area contributed by atoms with Gasteiger partial charge in [0.25, 0.3) is 0 Å². The van der Waals surface area contributed by atoms with Crippen LogP contribution >= 0.6 is 11.3 Å². The van der Waals surface area contributed by atoms with Crippen LogP contribution in [-0.4, -0.2) is 47.2 Å². The molecule has 1 aliphatic heterocycles. The summed E-state index contributed by atoms with van der Waals surface area (Å²) < 4.78 is 0. The van der Waals surface area contributed by atoms with Gasteiger partial charge in [-0.2, -0.15) is 0 Å². The van der Waals surface area contributed by atoms with Gasteiger partial charge in [0, 0.05) is 19.1 Å². The minimum Gasteiger partial charge on any atom is -0.391 e. The summed E-state index contributed by atoms with van der Waals surface area (Å²) in [6, 6.07) is 0.647. The Hall–Kier alpha value is -0.650. The maximum absolute atomic E-state index is 9.48. The molecule has 4 nitrogen and oxygen atoms in total. The molecule has 1 aromatic rings. The number of aliphatic hydroxyl groups excluding tert-OH is 1. The first-order valence-electron chi connectivity index (χ1n) is 7.70. The molecule has 0 radical (unpaired) electrons. The minimum absolute atomic E-state index is 0.110. The average Bonchev–Trinajstić information content (AvgIpc) is 3.06. The van der Waals surface area contributed by atoms with Gasteiger partial charge in [0.15, 0.2) is 5.13 Å². The van der Waals surface area contributed by atoms with Crippen molar-refractivity contribution in [3.8, 4) is 0 Å². The molecule has 0 saturated carbocycles. The molecule has 1 aromatic heterocycles. The Labute approximate surface area is 126 Å². The third kappa shape index (κ3) is 3.15. The lowest BCUT2D eigenvalue weighted by Gasteiger charge is -2.25. The van der Waals surface area contributed by atoms with Gasteiger partial charge in [0.2, 0.25) is 0 Å². The third-order valence-electron chi connectivity index (χ3n) is 4.17. The number of hydrogen-bond acceptors (Lipinski definition) is 5. The van der Waals surface area contributed by atoms with E-state index in [0.717, 1.165) is 41.9 Å². The fraction of sp³-hybridized carbons (Fsp3) is 0.800. The van der Waals surface area contributed by atoms with Gasteiger partial charge < -0.3 is 10.0 Å². The molecule has 5 heteroatoms. The number of hydrogen-bond donors (Lipinski definition) is 1. The molecule has 0 aliphatic carbocycles. The first-order chi connectivity index (χ1) is 9.60. The van der Waals surface area contributed by atoms with E-state index in [2.05, 4.69) is 37.5 Å². The molecular weight excluding hydrogens is 270 g/mol. The number of rotatable bonds is 6. The molecule has 1 unspecified atom stereocenters. The molecule has 0 bridgehead atoms. The summed E-state index contributed by atoms with van der Waals surface area (Å²) in [5.41, 5.74) is 1.07. The lowest BCUT2D eigenvalue weighted by Crippen LogP contribution is -2.37. The van der Waals surface area contributed by atoms with Gasteiger partial charge in [-0.15, -0.1) is 0 Å². The van der Waals surface area contributed by atoms with Gasteiger partial charge in [-0.3, -0.25) is 4.90 Å². The fourth-order valence-corrected chi connectivity index (χ4v) is 4.11. The van der Waals surface area contributed by atoms with Crippen molar-refractivity contribution in [2.75, 3.05) is 31.1 Å². The van der Waals surface area contributed by atoms with E-state index in [0.29, 0.717) is 12.0 Å². The van der Waals surface area contributed by atoms with Crippen LogP contribution in [0.25, 0.3) is 0 Å². The van der Waals surface area contributed by atoms with Gasteiger partial charge in [0.05, 0.1) is 17.2 Å². The molecule has 2 heterocycles. The minimum atomic E-state index is 0.110. The Morgan fingerprint density at radius 1 is 1.40 bits per heavy atom. The molecule has 1 aliphatic rings.